The highest BCUT2D eigenvalue weighted by Gasteiger charge is 2.46. The molecule has 5 heterocycles. The van der Waals surface area contributed by atoms with Crippen LogP contribution in [0.2, 0.25) is 0 Å². The van der Waals surface area contributed by atoms with E-state index >= 15 is 0 Å². The van der Waals surface area contributed by atoms with Crippen LogP contribution in [0.15, 0.2) is 61.6 Å². The van der Waals surface area contributed by atoms with Crippen LogP contribution >= 0.6 is 0 Å². The van der Waals surface area contributed by atoms with Crippen LogP contribution in [0.25, 0.3) is 0 Å². The largest absolute Gasteiger partial charge is 0.493 e. The average molecular weight is 913 g/mol. The van der Waals surface area contributed by atoms with E-state index in [1.165, 1.54) is 44.3 Å². The van der Waals surface area contributed by atoms with Gasteiger partial charge in [0.1, 0.15) is 23.7 Å². The Kier molecular flexibility index (Phi) is 15.6. The number of aryl methyl sites for hydroxylation is 3. The lowest BCUT2D eigenvalue weighted by Crippen LogP contribution is -2.52. The van der Waals surface area contributed by atoms with Crippen LogP contribution in [-0.2, 0) is 40.2 Å². The Labute approximate surface area is 381 Å². The van der Waals surface area contributed by atoms with Crippen molar-refractivity contribution in [2.45, 2.75) is 51.3 Å². The maximum absolute atomic E-state index is 13.8. The highest BCUT2D eigenvalue weighted by atomic mass is 16.6. The smallest absolute Gasteiger partial charge is 0.416 e. The third-order valence-corrected chi connectivity index (χ3v) is 11.0. The molecule has 6 rings (SSSR count). The molecule has 2 aliphatic rings. The molecule has 1 saturated heterocycles. The number of hydrogen-bond donors (Lipinski definition) is 5. The molecule has 0 aliphatic carbocycles. The monoisotopic (exact) mass is 912 g/mol. The fourth-order valence-corrected chi connectivity index (χ4v) is 7.95. The van der Waals surface area contributed by atoms with Crippen molar-refractivity contribution in [3.8, 4) is 11.5 Å². The summed E-state index contributed by atoms with van der Waals surface area (Å²) in [5.41, 5.74) is 2.68. The minimum absolute atomic E-state index is 0.0465. The molecule has 7 amide bonds. The summed E-state index contributed by atoms with van der Waals surface area (Å²) in [6.07, 6.45) is 6.93. The second-order valence-electron chi connectivity index (χ2n) is 15.8. The van der Waals surface area contributed by atoms with E-state index in [2.05, 4.69) is 33.2 Å². The Balaban J connectivity index is 0.983. The van der Waals surface area contributed by atoms with Crippen molar-refractivity contribution in [2.75, 3.05) is 67.9 Å². The van der Waals surface area contributed by atoms with E-state index in [0.717, 1.165) is 6.42 Å². The topological polar surface area (TPSA) is 238 Å². The van der Waals surface area contributed by atoms with Gasteiger partial charge in [-0.2, -0.15) is 0 Å². The van der Waals surface area contributed by atoms with Crippen molar-refractivity contribution in [1.82, 2.24) is 29.2 Å². The Bertz CT molecular complexity index is 2500. The minimum Gasteiger partial charge on any atom is -0.493 e. The molecule has 0 spiro atoms. The second kappa shape index (κ2) is 21.4. The second-order valence-corrected chi connectivity index (χ2v) is 15.8. The summed E-state index contributed by atoms with van der Waals surface area (Å²) < 4.78 is 27.6. The van der Waals surface area contributed by atoms with Gasteiger partial charge in [-0.25, -0.2) is 9.69 Å². The van der Waals surface area contributed by atoms with E-state index in [0.29, 0.717) is 54.4 Å². The van der Waals surface area contributed by atoms with Gasteiger partial charge < -0.3 is 64.1 Å². The number of benzene rings is 1. The molecule has 0 unspecified atom stereocenters. The third-order valence-electron chi connectivity index (χ3n) is 11.0. The van der Waals surface area contributed by atoms with Crippen molar-refractivity contribution < 1.29 is 52.5 Å². The lowest BCUT2D eigenvalue weighted by molar-refractivity contribution is -0.116. The van der Waals surface area contributed by atoms with Gasteiger partial charge in [0, 0.05) is 85.9 Å². The van der Waals surface area contributed by atoms with Crippen LogP contribution < -0.4 is 41.0 Å². The quantitative estimate of drug-likeness (QED) is 0.0666. The summed E-state index contributed by atoms with van der Waals surface area (Å²) in [6, 6.07) is 7.34. The van der Waals surface area contributed by atoms with E-state index in [4.69, 9.17) is 18.9 Å². The molecule has 5 N–H and O–H groups in total. The van der Waals surface area contributed by atoms with Gasteiger partial charge in [-0.05, 0) is 49.9 Å². The van der Waals surface area contributed by atoms with Gasteiger partial charge in [-0.1, -0.05) is 12.7 Å². The molecule has 352 valence electrons. The SMILES string of the molecule is C=CCOC(=O)N1c2cc(OCCCC(=O)Nc3cc(C(=O)Nc4cc(C(=O)NCCCNC(=O)c5cc(NC(C)=O)cn5C)n(C)c4)n(C)c3)c(OC)cc2C(=O)N2CCC[C@H]2[C@@H]1OC. The summed E-state index contributed by atoms with van der Waals surface area (Å²) >= 11 is 0. The van der Waals surface area contributed by atoms with Crippen LogP contribution in [0.3, 0.4) is 0 Å². The van der Waals surface area contributed by atoms with Gasteiger partial charge in [0.25, 0.3) is 23.6 Å². The van der Waals surface area contributed by atoms with Crippen molar-refractivity contribution >= 4 is 64.3 Å². The van der Waals surface area contributed by atoms with E-state index < -0.39 is 24.3 Å². The Morgan fingerprint density at radius 1 is 0.773 bits per heavy atom. The molecule has 0 saturated carbocycles. The molecule has 3 aromatic heterocycles. The lowest BCUT2D eigenvalue weighted by Gasteiger charge is -2.34. The summed E-state index contributed by atoms with van der Waals surface area (Å²) in [6.45, 7) is 6.12. The molecule has 2 atom stereocenters. The molecule has 0 radical (unpaired) electrons. The number of aromatic nitrogens is 3. The summed E-state index contributed by atoms with van der Waals surface area (Å²) in [5.74, 6) is -1.49. The van der Waals surface area contributed by atoms with Crippen molar-refractivity contribution in [2.24, 2.45) is 21.1 Å². The van der Waals surface area contributed by atoms with Gasteiger partial charge in [0.05, 0.1) is 48.1 Å². The molecular formula is C45H56N10O11. The van der Waals surface area contributed by atoms with Crippen molar-refractivity contribution in [3.63, 3.8) is 0 Å². The average Bonchev–Trinajstić information content (AvgIpc) is 4.07. The molecule has 66 heavy (non-hydrogen) atoms. The minimum atomic E-state index is -0.823. The predicted octanol–water partition coefficient (Wildman–Crippen LogP) is 3.99. The van der Waals surface area contributed by atoms with E-state index in [9.17, 15) is 33.6 Å². The molecule has 21 heteroatoms. The number of rotatable bonds is 19. The number of hydrogen-bond acceptors (Lipinski definition) is 11. The van der Waals surface area contributed by atoms with Crippen LogP contribution in [0.1, 0.15) is 80.9 Å². The standard InChI is InChI=1S/C45H56N10O11/c1-8-17-66-45(62)55-33-23-38(37(63-6)22-31(33)43(61)54-16-9-12-32(54)44(55)64-7)65-18-10-13-39(57)49-29-20-36(53(5)25-29)42(60)50-30-21-35(52(4)26-30)41(59)47-15-11-14-46-40(58)34-19-28(24-51(34)3)48-27(2)56/h8,19-26,32,44H,1,9-18H2,2-7H3,(H,46,58)(H,47,59)(H,48,56)(H,49,57)(H,50,60)/t32-,44-/m0/s1. The summed E-state index contributed by atoms with van der Waals surface area (Å²) in [7, 11) is 7.95. The van der Waals surface area contributed by atoms with E-state index in [1.54, 1.807) is 76.5 Å². The van der Waals surface area contributed by atoms with Crippen LogP contribution in [-0.4, -0.2) is 119 Å². The predicted molar refractivity (Wildman–Crippen MR) is 243 cm³/mol. The number of nitrogens with zero attached hydrogens (tertiary/aromatic N) is 5. The molecular weight excluding hydrogens is 857 g/mol. The maximum Gasteiger partial charge on any atom is 0.416 e. The molecule has 2 aliphatic heterocycles. The number of anilines is 4. The van der Waals surface area contributed by atoms with Gasteiger partial charge >= 0.3 is 6.09 Å². The first-order valence-electron chi connectivity index (χ1n) is 21.3. The first-order chi connectivity index (χ1) is 31.6. The molecule has 4 aromatic rings. The first-order valence-corrected chi connectivity index (χ1v) is 21.3. The number of nitrogens with one attached hydrogen (secondary N) is 5. The molecule has 0 bridgehead atoms. The summed E-state index contributed by atoms with van der Waals surface area (Å²) in [4.78, 5) is 93.5. The Hall–Kier alpha value is -7.55. The van der Waals surface area contributed by atoms with Gasteiger partial charge in [-0.3, -0.25) is 28.8 Å². The highest BCUT2D eigenvalue weighted by Crippen LogP contribution is 2.42. The Morgan fingerprint density at radius 3 is 1.94 bits per heavy atom. The third kappa shape index (κ3) is 11.0. The molecule has 21 nitrogen and oxygen atoms in total. The maximum atomic E-state index is 13.8. The zero-order valence-electron chi connectivity index (χ0n) is 37.9. The van der Waals surface area contributed by atoms with Crippen LogP contribution in [0, 0.1) is 0 Å². The van der Waals surface area contributed by atoms with E-state index in [1.807, 2.05) is 0 Å². The number of ether oxygens (including phenoxy) is 4. The number of methoxy groups -OCH3 is 2. The van der Waals surface area contributed by atoms with Crippen molar-refractivity contribution in [1.29, 1.82) is 0 Å². The summed E-state index contributed by atoms with van der Waals surface area (Å²) in [5, 5.41) is 13.9. The molecule has 1 fully saturated rings. The van der Waals surface area contributed by atoms with E-state index in [-0.39, 0.29) is 90.6 Å². The fraction of sp³-hybridized carbons (Fsp3) is 0.400. The Morgan fingerprint density at radius 2 is 1.36 bits per heavy atom. The number of amides is 7. The van der Waals surface area contributed by atoms with Crippen LogP contribution in [0.5, 0.6) is 11.5 Å². The van der Waals surface area contributed by atoms with Crippen molar-refractivity contribution in [3.05, 3.63) is 84.2 Å². The van der Waals surface area contributed by atoms with Crippen LogP contribution in [0.4, 0.5) is 27.5 Å². The zero-order valence-corrected chi connectivity index (χ0v) is 37.9. The number of fused-ring (bicyclic) bond motifs is 2. The molecule has 1 aromatic carbocycles. The fourth-order valence-electron chi connectivity index (χ4n) is 7.95. The first kappa shape index (κ1) is 47.9. The number of carbonyl (C=O) groups excluding carboxylic acids is 7. The van der Waals surface area contributed by atoms with Gasteiger partial charge in [0.15, 0.2) is 17.7 Å². The normalized spacial score (nSPS) is 15.2. The van der Waals surface area contributed by atoms with Gasteiger partial charge in [-0.15, -0.1) is 0 Å². The van der Waals surface area contributed by atoms with Gasteiger partial charge in [0.2, 0.25) is 11.8 Å². The highest BCUT2D eigenvalue weighted by molar-refractivity contribution is 6.07. The lowest BCUT2D eigenvalue weighted by atomic mass is 10.1. The number of carbonyl (C=O) groups is 7. The zero-order chi connectivity index (χ0) is 47.7.